The third-order valence-electron chi connectivity index (χ3n) is 5.02. The number of halogens is 3. The van der Waals surface area contributed by atoms with Crippen LogP contribution < -0.4 is 10.2 Å². The van der Waals surface area contributed by atoms with Gasteiger partial charge in [0.2, 0.25) is 5.91 Å². The number of anilines is 1. The minimum absolute atomic E-state index is 0.0189. The summed E-state index contributed by atoms with van der Waals surface area (Å²) in [5.41, 5.74) is -0.979. The van der Waals surface area contributed by atoms with Crippen LogP contribution in [-0.2, 0) is 11.0 Å². The average molecular weight is 421 g/mol. The highest BCUT2D eigenvalue weighted by Crippen LogP contribution is 2.32. The summed E-state index contributed by atoms with van der Waals surface area (Å²) in [5, 5.41) is 2.95. The molecule has 1 fully saturated rings. The molecule has 0 radical (unpaired) electrons. The summed E-state index contributed by atoms with van der Waals surface area (Å²) in [6.07, 6.45) is 0.123. The number of piperidine rings is 1. The van der Waals surface area contributed by atoms with Crippen LogP contribution in [-0.4, -0.2) is 40.5 Å². The molecule has 9 heteroatoms. The van der Waals surface area contributed by atoms with Gasteiger partial charge in [0, 0.05) is 49.1 Å². The molecular weight excluding hydrogens is 395 g/mol. The van der Waals surface area contributed by atoms with Gasteiger partial charge < -0.3 is 10.2 Å². The van der Waals surface area contributed by atoms with Crippen LogP contribution in [0.15, 0.2) is 30.6 Å². The summed E-state index contributed by atoms with van der Waals surface area (Å²) in [5.74, 6) is 0.362. The Morgan fingerprint density at radius 1 is 1.20 bits per heavy atom. The van der Waals surface area contributed by atoms with E-state index in [1.807, 2.05) is 25.7 Å². The first kappa shape index (κ1) is 22.0. The van der Waals surface area contributed by atoms with Crippen molar-refractivity contribution in [2.45, 2.75) is 39.8 Å². The summed E-state index contributed by atoms with van der Waals surface area (Å²) in [6.45, 7) is 7.14. The van der Waals surface area contributed by atoms with Gasteiger partial charge in [-0.2, -0.15) is 13.2 Å². The van der Waals surface area contributed by atoms with E-state index < -0.39 is 17.3 Å². The quantitative estimate of drug-likeness (QED) is 0.810. The van der Waals surface area contributed by atoms with Crippen LogP contribution in [0.2, 0.25) is 0 Å². The Kier molecular flexibility index (Phi) is 6.28. The molecule has 30 heavy (non-hydrogen) atoms. The van der Waals surface area contributed by atoms with Gasteiger partial charge in [-0.05, 0) is 30.9 Å². The molecule has 1 unspecified atom stereocenters. The summed E-state index contributed by atoms with van der Waals surface area (Å²) >= 11 is 0. The van der Waals surface area contributed by atoms with Crippen LogP contribution >= 0.6 is 0 Å². The highest BCUT2D eigenvalue weighted by molar-refractivity contribution is 5.81. The number of amides is 1. The third-order valence-corrected chi connectivity index (χ3v) is 5.02. The molecule has 0 bridgehead atoms. The van der Waals surface area contributed by atoms with Crippen molar-refractivity contribution >= 4 is 11.7 Å². The topological polar surface area (TPSA) is 71.0 Å². The maximum atomic E-state index is 13.5. The van der Waals surface area contributed by atoms with Crippen molar-refractivity contribution in [3.8, 4) is 11.4 Å². The molecule has 2 aromatic heterocycles. The van der Waals surface area contributed by atoms with Gasteiger partial charge in [0.1, 0.15) is 5.82 Å². The number of alkyl halides is 3. The smallest absolute Gasteiger partial charge is 0.356 e. The zero-order chi connectivity index (χ0) is 21.9. The second kappa shape index (κ2) is 8.57. The second-order valence-corrected chi connectivity index (χ2v) is 8.58. The minimum Gasteiger partial charge on any atom is -0.356 e. The normalized spacial score (nSPS) is 17.7. The van der Waals surface area contributed by atoms with Crippen molar-refractivity contribution in [2.24, 2.45) is 11.3 Å². The van der Waals surface area contributed by atoms with E-state index in [0.717, 1.165) is 18.9 Å². The standard InChI is InChI=1S/C21H26F3N5O/c1-20(2,3)19(30)26-12-14-5-4-10-29(13-14)17-11-16(21(22,23)24)27-18(28-17)15-6-8-25-9-7-15/h6-9,11,14H,4-5,10,12-13H2,1-3H3,(H,26,30). The lowest BCUT2D eigenvalue weighted by Crippen LogP contribution is -2.43. The number of aromatic nitrogens is 3. The molecule has 1 atom stereocenters. The van der Waals surface area contributed by atoms with E-state index in [9.17, 15) is 18.0 Å². The SMILES string of the molecule is CC(C)(C)C(=O)NCC1CCCN(c2cc(C(F)(F)F)nc(-c3ccncc3)n2)C1. The molecule has 1 aliphatic heterocycles. The molecule has 6 nitrogen and oxygen atoms in total. The molecule has 1 amide bonds. The lowest BCUT2D eigenvalue weighted by molar-refractivity contribution is -0.141. The van der Waals surface area contributed by atoms with Crippen molar-refractivity contribution in [3.63, 3.8) is 0 Å². The number of nitrogens with one attached hydrogen (secondary N) is 1. The van der Waals surface area contributed by atoms with Crippen LogP contribution in [0.3, 0.4) is 0 Å². The Labute approximate surface area is 173 Å². The van der Waals surface area contributed by atoms with Crippen LogP contribution in [0.5, 0.6) is 0 Å². The van der Waals surface area contributed by atoms with Crippen molar-refractivity contribution < 1.29 is 18.0 Å². The average Bonchev–Trinajstić information content (AvgIpc) is 2.71. The summed E-state index contributed by atoms with van der Waals surface area (Å²) in [6, 6.07) is 4.17. The minimum atomic E-state index is -4.57. The Morgan fingerprint density at radius 3 is 2.53 bits per heavy atom. The van der Waals surface area contributed by atoms with Crippen LogP contribution in [0.25, 0.3) is 11.4 Å². The molecule has 1 saturated heterocycles. The Bertz CT molecular complexity index is 880. The molecular formula is C21H26F3N5O. The first-order valence-electron chi connectivity index (χ1n) is 9.94. The Hall–Kier alpha value is -2.71. The van der Waals surface area contributed by atoms with Gasteiger partial charge in [0.25, 0.3) is 0 Å². The fraction of sp³-hybridized carbons (Fsp3) is 0.524. The lowest BCUT2D eigenvalue weighted by Gasteiger charge is -2.34. The molecule has 162 valence electrons. The number of carbonyl (C=O) groups is 1. The van der Waals surface area contributed by atoms with Crippen LogP contribution in [0, 0.1) is 11.3 Å². The summed E-state index contributed by atoms with van der Waals surface area (Å²) in [4.78, 5) is 26.0. The predicted molar refractivity (Wildman–Crippen MR) is 108 cm³/mol. The van der Waals surface area contributed by atoms with Gasteiger partial charge in [-0.3, -0.25) is 9.78 Å². The van der Waals surface area contributed by atoms with E-state index in [1.54, 1.807) is 12.1 Å². The van der Waals surface area contributed by atoms with E-state index in [0.29, 0.717) is 25.2 Å². The van der Waals surface area contributed by atoms with E-state index in [1.165, 1.54) is 12.4 Å². The maximum Gasteiger partial charge on any atom is 0.433 e. The Morgan fingerprint density at radius 2 is 1.90 bits per heavy atom. The third kappa shape index (κ3) is 5.46. The zero-order valence-electron chi connectivity index (χ0n) is 17.3. The number of rotatable bonds is 4. The van der Waals surface area contributed by atoms with Gasteiger partial charge in [0.15, 0.2) is 11.5 Å². The van der Waals surface area contributed by atoms with Crippen molar-refractivity contribution in [2.75, 3.05) is 24.5 Å². The van der Waals surface area contributed by atoms with E-state index in [2.05, 4.69) is 20.3 Å². The van der Waals surface area contributed by atoms with Crippen molar-refractivity contribution in [1.82, 2.24) is 20.3 Å². The number of pyridine rings is 1. The second-order valence-electron chi connectivity index (χ2n) is 8.58. The summed E-state index contributed by atoms with van der Waals surface area (Å²) < 4.78 is 40.4. The number of hydrogen-bond acceptors (Lipinski definition) is 5. The van der Waals surface area contributed by atoms with Gasteiger partial charge in [-0.15, -0.1) is 0 Å². The van der Waals surface area contributed by atoms with E-state index in [-0.39, 0.29) is 23.5 Å². The van der Waals surface area contributed by atoms with Crippen LogP contribution in [0.1, 0.15) is 39.3 Å². The van der Waals surface area contributed by atoms with E-state index in [4.69, 9.17) is 0 Å². The zero-order valence-corrected chi connectivity index (χ0v) is 17.3. The molecule has 0 aromatic carbocycles. The molecule has 3 rings (SSSR count). The molecule has 1 aliphatic rings. The molecule has 0 spiro atoms. The molecule has 1 N–H and O–H groups in total. The summed E-state index contributed by atoms with van der Waals surface area (Å²) in [7, 11) is 0. The first-order chi connectivity index (χ1) is 14.0. The van der Waals surface area contributed by atoms with Gasteiger partial charge in [-0.25, -0.2) is 9.97 Å². The highest BCUT2D eigenvalue weighted by Gasteiger charge is 2.35. The molecule has 2 aromatic rings. The number of carbonyl (C=O) groups excluding carboxylic acids is 1. The van der Waals surface area contributed by atoms with Gasteiger partial charge in [0.05, 0.1) is 0 Å². The largest absolute Gasteiger partial charge is 0.433 e. The molecule has 3 heterocycles. The predicted octanol–water partition coefficient (Wildman–Crippen LogP) is 3.94. The fourth-order valence-corrected chi connectivity index (χ4v) is 3.31. The van der Waals surface area contributed by atoms with Gasteiger partial charge >= 0.3 is 6.18 Å². The lowest BCUT2D eigenvalue weighted by atomic mass is 9.94. The van der Waals surface area contributed by atoms with Crippen LogP contribution in [0.4, 0.5) is 19.0 Å². The Balaban J connectivity index is 1.82. The molecule has 0 aliphatic carbocycles. The monoisotopic (exact) mass is 421 g/mol. The number of hydrogen-bond donors (Lipinski definition) is 1. The van der Waals surface area contributed by atoms with Gasteiger partial charge in [-0.1, -0.05) is 20.8 Å². The first-order valence-corrected chi connectivity index (χ1v) is 9.94. The van der Waals surface area contributed by atoms with Crippen molar-refractivity contribution in [1.29, 1.82) is 0 Å². The maximum absolute atomic E-state index is 13.5. The van der Waals surface area contributed by atoms with Crippen molar-refractivity contribution in [3.05, 3.63) is 36.3 Å². The number of nitrogens with zero attached hydrogens (tertiary/aromatic N) is 4. The highest BCUT2D eigenvalue weighted by atomic mass is 19.4. The van der Waals surface area contributed by atoms with E-state index >= 15 is 0 Å². The fourth-order valence-electron chi connectivity index (χ4n) is 3.31. The molecule has 0 saturated carbocycles.